The maximum atomic E-state index is 6.09. The van der Waals surface area contributed by atoms with Crippen LogP contribution in [0.4, 0.5) is 5.82 Å². The summed E-state index contributed by atoms with van der Waals surface area (Å²) in [5.74, 6) is 0.407. The third-order valence-electron chi connectivity index (χ3n) is 2.07. The highest BCUT2D eigenvalue weighted by molar-refractivity contribution is 6.46. The van der Waals surface area contributed by atoms with Gasteiger partial charge in [0.2, 0.25) is 0 Å². The number of anilines is 1. The van der Waals surface area contributed by atoms with Crippen LogP contribution >= 0.6 is 34.8 Å². The molecule has 0 bridgehead atoms. The van der Waals surface area contributed by atoms with E-state index in [0.717, 1.165) is 0 Å². The Morgan fingerprint density at radius 3 is 2.31 bits per heavy atom. The minimum atomic E-state index is 0.382. The fourth-order valence-electron chi connectivity index (χ4n) is 1.35. The van der Waals surface area contributed by atoms with E-state index >= 15 is 0 Å². The van der Waals surface area contributed by atoms with E-state index in [1.807, 2.05) is 0 Å². The van der Waals surface area contributed by atoms with E-state index in [9.17, 15) is 0 Å². The van der Waals surface area contributed by atoms with Crippen LogP contribution in [-0.2, 0) is 0 Å². The molecule has 2 nitrogen and oxygen atoms in total. The minimum Gasteiger partial charge on any atom is -0.384 e. The van der Waals surface area contributed by atoms with Gasteiger partial charge in [-0.3, -0.25) is 0 Å². The smallest absolute Gasteiger partial charge is 0.124 e. The topological polar surface area (TPSA) is 38.9 Å². The normalized spacial score (nSPS) is 10.4. The first-order valence-electron chi connectivity index (χ1n) is 4.46. The Kier molecular flexibility index (Phi) is 3.24. The number of pyridine rings is 1. The van der Waals surface area contributed by atoms with Crippen molar-refractivity contribution < 1.29 is 0 Å². The second-order valence-corrected chi connectivity index (χ2v) is 4.36. The molecule has 1 heterocycles. The zero-order chi connectivity index (χ0) is 11.7. The van der Waals surface area contributed by atoms with Crippen molar-refractivity contribution in [2.45, 2.75) is 0 Å². The number of nitrogens with two attached hydrogens (primary N) is 1. The van der Waals surface area contributed by atoms with E-state index in [2.05, 4.69) is 4.98 Å². The first-order chi connectivity index (χ1) is 7.59. The summed E-state index contributed by atoms with van der Waals surface area (Å²) < 4.78 is 0. The number of benzene rings is 1. The van der Waals surface area contributed by atoms with E-state index in [-0.39, 0.29) is 0 Å². The van der Waals surface area contributed by atoms with Crippen LogP contribution in [0.15, 0.2) is 30.3 Å². The molecule has 2 aromatic rings. The van der Waals surface area contributed by atoms with E-state index in [1.54, 1.807) is 30.3 Å². The Balaban J connectivity index is 2.68. The molecule has 82 valence electrons. The van der Waals surface area contributed by atoms with Crippen LogP contribution in [0.2, 0.25) is 15.1 Å². The Morgan fingerprint density at radius 2 is 1.62 bits per heavy atom. The monoisotopic (exact) mass is 272 g/mol. The lowest BCUT2D eigenvalue weighted by Gasteiger charge is -2.08. The minimum absolute atomic E-state index is 0.382. The maximum absolute atomic E-state index is 6.09. The number of aromatic nitrogens is 1. The average molecular weight is 274 g/mol. The lowest BCUT2D eigenvalue weighted by atomic mass is 10.1. The van der Waals surface area contributed by atoms with Gasteiger partial charge in [-0.1, -0.05) is 40.9 Å². The van der Waals surface area contributed by atoms with E-state index in [0.29, 0.717) is 32.1 Å². The summed E-state index contributed by atoms with van der Waals surface area (Å²) in [5.41, 5.74) is 6.81. The lowest BCUT2D eigenvalue weighted by Crippen LogP contribution is -1.92. The lowest BCUT2D eigenvalue weighted by molar-refractivity contribution is 1.33. The van der Waals surface area contributed by atoms with Gasteiger partial charge in [0.25, 0.3) is 0 Å². The molecular formula is C11H7Cl3N2. The van der Waals surface area contributed by atoms with Crippen LogP contribution < -0.4 is 5.73 Å². The van der Waals surface area contributed by atoms with Gasteiger partial charge >= 0.3 is 0 Å². The van der Waals surface area contributed by atoms with Crippen LogP contribution in [0.5, 0.6) is 0 Å². The highest BCUT2D eigenvalue weighted by Gasteiger charge is 2.12. The summed E-state index contributed by atoms with van der Waals surface area (Å²) in [6.45, 7) is 0. The number of halogens is 3. The Morgan fingerprint density at radius 1 is 0.938 bits per heavy atom. The van der Waals surface area contributed by atoms with Crippen molar-refractivity contribution in [3.63, 3.8) is 0 Å². The molecule has 0 radical (unpaired) electrons. The first kappa shape index (κ1) is 11.5. The molecule has 0 aliphatic carbocycles. The fraction of sp³-hybridized carbons (Fsp3) is 0. The third kappa shape index (κ3) is 2.09. The molecule has 2 rings (SSSR count). The zero-order valence-electron chi connectivity index (χ0n) is 8.05. The molecule has 0 atom stereocenters. The van der Waals surface area contributed by atoms with Crippen LogP contribution in [0.1, 0.15) is 0 Å². The van der Waals surface area contributed by atoms with E-state index in [1.165, 1.54) is 0 Å². The Hall–Kier alpha value is -0.960. The maximum Gasteiger partial charge on any atom is 0.124 e. The Bertz CT molecular complexity index is 541. The molecular weight excluding hydrogens is 266 g/mol. The zero-order valence-corrected chi connectivity index (χ0v) is 10.3. The Labute approximate surface area is 108 Å². The summed E-state index contributed by atoms with van der Waals surface area (Å²) in [6.07, 6.45) is 0. The summed E-state index contributed by atoms with van der Waals surface area (Å²) in [5, 5.41) is 1.31. The van der Waals surface area contributed by atoms with E-state index < -0.39 is 0 Å². The molecule has 0 spiro atoms. The van der Waals surface area contributed by atoms with Gasteiger partial charge in [0, 0.05) is 5.56 Å². The molecule has 16 heavy (non-hydrogen) atoms. The van der Waals surface area contributed by atoms with E-state index in [4.69, 9.17) is 40.5 Å². The van der Waals surface area contributed by atoms with Crippen molar-refractivity contribution in [3.8, 4) is 11.3 Å². The van der Waals surface area contributed by atoms with Crippen molar-refractivity contribution >= 4 is 40.6 Å². The van der Waals surface area contributed by atoms with Crippen LogP contribution in [-0.4, -0.2) is 4.98 Å². The van der Waals surface area contributed by atoms with Crippen molar-refractivity contribution in [1.29, 1.82) is 0 Å². The van der Waals surface area contributed by atoms with Gasteiger partial charge < -0.3 is 5.73 Å². The largest absolute Gasteiger partial charge is 0.384 e. The summed E-state index contributed by atoms with van der Waals surface area (Å²) in [4.78, 5) is 4.16. The van der Waals surface area contributed by atoms with Crippen molar-refractivity contribution in [2.75, 3.05) is 5.73 Å². The number of nitrogen functional groups attached to an aromatic ring is 1. The van der Waals surface area contributed by atoms with Crippen molar-refractivity contribution in [3.05, 3.63) is 45.4 Å². The van der Waals surface area contributed by atoms with Crippen LogP contribution in [0, 0.1) is 0 Å². The molecule has 2 N–H and O–H groups in total. The summed E-state index contributed by atoms with van der Waals surface area (Å²) >= 11 is 18.1. The van der Waals surface area contributed by atoms with Gasteiger partial charge in [-0.25, -0.2) is 4.98 Å². The van der Waals surface area contributed by atoms with Gasteiger partial charge in [-0.15, -0.1) is 0 Å². The van der Waals surface area contributed by atoms with Gasteiger partial charge in [0.15, 0.2) is 0 Å². The molecule has 0 aliphatic rings. The SMILES string of the molecule is Nc1cccc(-c2c(Cl)ccc(Cl)c2Cl)n1. The third-order valence-corrected chi connectivity index (χ3v) is 3.19. The number of hydrogen-bond donors (Lipinski definition) is 1. The van der Waals surface area contributed by atoms with Crippen molar-refractivity contribution in [2.24, 2.45) is 0 Å². The quantitative estimate of drug-likeness (QED) is 0.787. The second kappa shape index (κ2) is 4.50. The van der Waals surface area contributed by atoms with Crippen molar-refractivity contribution in [1.82, 2.24) is 4.98 Å². The molecule has 1 aromatic carbocycles. The number of rotatable bonds is 1. The van der Waals surface area contributed by atoms with Crippen LogP contribution in [0.25, 0.3) is 11.3 Å². The summed E-state index contributed by atoms with van der Waals surface area (Å²) in [6, 6.07) is 8.57. The fourth-order valence-corrected chi connectivity index (χ4v) is 2.07. The molecule has 1 aromatic heterocycles. The molecule has 5 heteroatoms. The number of nitrogens with zero attached hydrogens (tertiary/aromatic N) is 1. The average Bonchev–Trinajstić information content (AvgIpc) is 2.24. The van der Waals surface area contributed by atoms with Gasteiger partial charge in [-0.2, -0.15) is 0 Å². The predicted octanol–water partition coefficient (Wildman–Crippen LogP) is 4.29. The number of hydrogen-bond acceptors (Lipinski definition) is 2. The molecule has 0 fully saturated rings. The highest BCUT2D eigenvalue weighted by atomic mass is 35.5. The van der Waals surface area contributed by atoms with Crippen LogP contribution in [0.3, 0.4) is 0 Å². The first-order valence-corrected chi connectivity index (χ1v) is 5.59. The van der Waals surface area contributed by atoms with Gasteiger partial charge in [0.05, 0.1) is 20.8 Å². The standard InChI is InChI=1S/C11H7Cl3N2/c12-6-4-5-7(13)11(14)10(6)8-2-1-3-9(15)16-8/h1-5H,(H2,15,16). The van der Waals surface area contributed by atoms with Gasteiger partial charge in [-0.05, 0) is 24.3 Å². The highest BCUT2D eigenvalue weighted by Crippen LogP contribution is 2.38. The molecule has 0 unspecified atom stereocenters. The summed E-state index contributed by atoms with van der Waals surface area (Å²) in [7, 11) is 0. The molecule has 0 saturated carbocycles. The molecule has 0 saturated heterocycles. The van der Waals surface area contributed by atoms with Gasteiger partial charge in [0.1, 0.15) is 5.82 Å². The molecule has 0 aliphatic heterocycles. The molecule has 0 amide bonds. The predicted molar refractivity (Wildman–Crippen MR) is 69.1 cm³/mol. The second-order valence-electron chi connectivity index (χ2n) is 3.17.